The number of carbonyl (C=O) groups excluding carboxylic acids is 5. The molecule has 50 heavy (non-hydrogen) atoms. The summed E-state index contributed by atoms with van der Waals surface area (Å²) in [7, 11) is 4.93. The number of ketones is 1. The summed E-state index contributed by atoms with van der Waals surface area (Å²) in [6.07, 6.45) is 3.69. The molecule has 0 unspecified atom stereocenters. The molecule has 272 valence electrons. The van der Waals surface area contributed by atoms with E-state index in [1.165, 1.54) is 18.7 Å². The van der Waals surface area contributed by atoms with Gasteiger partial charge in [-0.3, -0.25) is 19.2 Å². The zero-order valence-electron chi connectivity index (χ0n) is 29.3. The molecule has 0 aromatic heterocycles. The Morgan fingerprint density at radius 2 is 1.82 bits per heavy atom. The highest BCUT2D eigenvalue weighted by Crippen LogP contribution is 2.33. The molecule has 3 rings (SSSR count). The highest BCUT2D eigenvalue weighted by atomic mass is 16.5. The highest BCUT2D eigenvalue weighted by Gasteiger charge is 2.43. The number of carboxylic acids is 1. The summed E-state index contributed by atoms with van der Waals surface area (Å²) in [5, 5.41) is 11.6. The second-order valence-corrected chi connectivity index (χ2v) is 12.8. The summed E-state index contributed by atoms with van der Waals surface area (Å²) in [4.78, 5) is 79.0. The number of Topliss-reactive ketones (excluding diaryl/α,β-unsaturated/α-hetero) is 1. The van der Waals surface area contributed by atoms with E-state index in [-0.39, 0.29) is 32.5 Å². The number of hydrogen-bond donors (Lipinski definition) is 2. The lowest BCUT2D eigenvalue weighted by Gasteiger charge is -2.39. The summed E-state index contributed by atoms with van der Waals surface area (Å²) in [6, 6.07) is 5.61. The average Bonchev–Trinajstić information content (AvgIpc) is 3.10. The maximum absolute atomic E-state index is 14.0. The first kappa shape index (κ1) is 39.5. The number of anilines is 1. The van der Waals surface area contributed by atoms with Crippen LogP contribution in [0.3, 0.4) is 0 Å². The lowest BCUT2D eigenvalue weighted by molar-refractivity contribution is -0.166. The van der Waals surface area contributed by atoms with Crippen molar-refractivity contribution in [2.24, 2.45) is 5.41 Å². The van der Waals surface area contributed by atoms with Gasteiger partial charge in [-0.25, -0.2) is 9.59 Å². The third-order valence-corrected chi connectivity index (χ3v) is 8.51. The van der Waals surface area contributed by atoms with E-state index < -0.39 is 53.1 Å². The summed E-state index contributed by atoms with van der Waals surface area (Å²) < 4.78 is 22.1. The molecular formula is C36H47N3O11. The number of nitrogens with zero attached hydrogens (tertiary/aromatic N) is 2. The van der Waals surface area contributed by atoms with Crippen LogP contribution < -0.4 is 5.32 Å². The molecule has 1 aromatic carbocycles. The smallest absolute Gasteiger partial charge is 0.330 e. The van der Waals surface area contributed by atoms with Gasteiger partial charge in [0.2, 0.25) is 11.7 Å². The first-order valence-electron chi connectivity index (χ1n) is 16.3. The van der Waals surface area contributed by atoms with Crippen LogP contribution in [0.4, 0.5) is 5.69 Å². The van der Waals surface area contributed by atoms with Gasteiger partial charge in [0, 0.05) is 44.2 Å². The van der Waals surface area contributed by atoms with Crippen LogP contribution in [0.5, 0.6) is 0 Å². The maximum atomic E-state index is 14.0. The van der Waals surface area contributed by atoms with Gasteiger partial charge in [-0.1, -0.05) is 24.3 Å². The van der Waals surface area contributed by atoms with Crippen LogP contribution in [0.25, 0.3) is 0 Å². The summed E-state index contributed by atoms with van der Waals surface area (Å²) in [6.45, 7) is 6.57. The van der Waals surface area contributed by atoms with Crippen molar-refractivity contribution in [3.63, 3.8) is 0 Å². The minimum absolute atomic E-state index is 0.0900. The Bertz CT molecular complexity index is 1530. The number of carbonyl (C=O) groups is 6. The van der Waals surface area contributed by atoms with Crippen LogP contribution in [0.1, 0.15) is 64.0 Å². The van der Waals surface area contributed by atoms with E-state index >= 15 is 0 Å². The summed E-state index contributed by atoms with van der Waals surface area (Å²) >= 11 is 0. The Morgan fingerprint density at radius 3 is 2.48 bits per heavy atom. The number of carboxylic acid groups (broad SMARTS) is 1. The van der Waals surface area contributed by atoms with Gasteiger partial charge < -0.3 is 39.2 Å². The number of hydrogen-bond acceptors (Lipinski definition) is 11. The Kier molecular flexibility index (Phi) is 14.3. The number of nitrogens with one attached hydrogen (secondary N) is 1. The van der Waals surface area contributed by atoms with Crippen LogP contribution >= 0.6 is 0 Å². The number of ether oxygens (including phenoxy) is 4. The molecule has 14 heteroatoms. The first-order valence-corrected chi connectivity index (χ1v) is 16.3. The number of allylic oxidation sites excluding steroid dienone is 3. The molecule has 0 saturated carbocycles. The SMILES string of the molecule is C=CC(=O)OCC(C)(C)C(=O)C(=O)N1CCN(C)C[C@H]1C(=O)O[C@H](CCC1=CC(OC)=C(OC)CC1)c1cccc(NC(=O)CCC(=O)O)c1. The standard InChI is InChI=1S/C36H47N3O11/c1-7-32(43)49-22-36(2,3)33(44)34(45)39-18-17-38(4)21-26(39)35(46)50-27(13-11-23-12-14-28(47-5)29(19-23)48-6)24-9-8-10-25(20-24)37-30(40)15-16-31(41)42/h7-10,19-20,26-27H,1,11-18,21-22H2,2-6H3,(H,37,40)(H,41,42)/t26-,27+/m0/s1. The predicted octanol–water partition coefficient (Wildman–Crippen LogP) is 3.55. The van der Waals surface area contributed by atoms with Crippen molar-refractivity contribution >= 4 is 41.2 Å². The Hall–Kier alpha value is -4.98. The molecular weight excluding hydrogens is 650 g/mol. The number of aliphatic carboxylic acids is 1. The maximum Gasteiger partial charge on any atom is 0.330 e. The molecule has 0 spiro atoms. The van der Waals surface area contributed by atoms with E-state index in [0.717, 1.165) is 17.4 Å². The fourth-order valence-electron chi connectivity index (χ4n) is 5.56. The molecule has 14 nitrogen and oxygen atoms in total. The van der Waals surface area contributed by atoms with Gasteiger partial charge in [0.05, 0.1) is 26.1 Å². The molecule has 0 bridgehead atoms. The van der Waals surface area contributed by atoms with Gasteiger partial charge in [0.1, 0.15) is 24.5 Å². The van der Waals surface area contributed by atoms with Gasteiger partial charge in [-0.05, 0) is 63.9 Å². The Morgan fingerprint density at radius 1 is 1.08 bits per heavy atom. The molecule has 1 fully saturated rings. The van der Waals surface area contributed by atoms with Crippen molar-refractivity contribution in [3.8, 4) is 0 Å². The van der Waals surface area contributed by atoms with E-state index in [0.29, 0.717) is 49.2 Å². The van der Waals surface area contributed by atoms with Crippen molar-refractivity contribution in [1.29, 1.82) is 0 Å². The minimum atomic E-state index is -1.36. The van der Waals surface area contributed by atoms with Crippen LogP contribution in [0.2, 0.25) is 0 Å². The molecule has 1 heterocycles. The molecule has 2 amide bonds. The zero-order chi connectivity index (χ0) is 37.0. The quantitative estimate of drug-likeness (QED) is 0.138. The molecule has 2 aliphatic rings. The third-order valence-electron chi connectivity index (χ3n) is 8.51. The fraction of sp³-hybridized carbons (Fsp3) is 0.500. The van der Waals surface area contributed by atoms with Crippen molar-refractivity contribution in [3.05, 3.63) is 65.7 Å². The van der Waals surface area contributed by atoms with E-state index in [4.69, 9.17) is 24.1 Å². The largest absolute Gasteiger partial charge is 0.497 e. The van der Waals surface area contributed by atoms with Crippen LogP contribution in [-0.4, -0.2) is 104 Å². The predicted molar refractivity (Wildman–Crippen MR) is 181 cm³/mol. The number of piperazine rings is 1. The first-order chi connectivity index (χ1) is 23.7. The van der Waals surface area contributed by atoms with E-state index in [9.17, 15) is 28.8 Å². The molecule has 1 aromatic rings. The Balaban J connectivity index is 1.88. The molecule has 2 N–H and O–H groups in total. The average molecular weight is 698 g/mol. The van der Waals surface area contributed by atoms with Crippen molar-refractivity contribution < 1.29 is 52.8 Å². The van der Waals surface area contributed by atoms with Crippen molar-refractivity contribution in [1.82, 2.24) is 9.80 Å². The van der Waals surface area contributed by atoms with Gasteiger partial charge in [0.25, 0.3) is 5.91 Å². The topological polar surface area (TPSA) is 178 Å². The molecule has 1 saturated heterocycles. The van der Waals surface area contributed by atoms with Gasteiger partial charge in [-0.15, -0.1) is 0 Å². The number of amides is 2. The molecule has 0 radical (unpaired) electrons. The van der Waals surface area contributed by atoms with Crippen molar-refractivity contribution in [2.45, 2.75) is 64.5 Å². The van der Waals surface area contributed by atoms with E-state index in [1.54, 1.807) is 45.5 Å². The highest BCUT2D eigenvalue weighted by molar-refractivity contribution is 6.38. The zero-order valence-corrected chi connectivity index (χ0v) is 29.3. The number of methoxy groups -OCH3 is 2. The normalized spacial score (nSPS) is 17.2. The number of benzene rings is 1. The van der Waals surface area contributed by atoms with Gasteiger partial charge >= 0.3 is 17.9 Å². The summed E-state index contributed by atoms with van der Waals surface area (Å²) in [5.74, 6) is -3.39. The lowest BCUT2D eigenvalue weighted by atomic mass is 9.87. The van der Waals surface area contributed by atoms with Gasteiger partial charge in [0.15, 0.2) is 5.76 Å². The summed E-state index contributed by atoms with van der Waals surface area (Å²) in [5.41, 5.74) is 0.636. The van der Waals surface area contributed by atoms with Crippen LogP contribution in [0, 0.1) is 5.41 Å². The second-order valence-electron chi connectivity index (χ2n) is 12.8. The number of likely N-dealkylation sites (N-methyl/N-ethyl adjacent to an activating group) is 1. The van der Waals surface area contributed by atoms with Crippen LogP contribution in [0.15, 0.2) is 60.1 Å². The number of esters is 2. The van der Waals surface area contributed by atoms with E-state index in [1.807, 2.05) is 11.0 Å². The van der Waals surface area contributed by atoms with Gasteiger partial charge in [-0.2, -0.15) is 0 Å². The molecule has 1 aliphatic heterocycles. The second kappa shape index (κ2) is 18.1. The van der Waals surface area contributed by atoms with Crippen molar-refractivity contribution in [2.75, 3.05) is 52.8 Å². The molecule has 2 atom stereocenters. The fourth-order valence-corrected chi connectivity index (χ4v) is 5.56. The monoisotopic (exact) mass is 697 g/mol. The Labute approximate surface area is 292 Å². The number of rotatable bonds is 17. The minimum Gasteiger partial charge on any atom is -0.497 e. The third kappa shape index (κ3) is 11.0. The molecule has 1 aliphatic carbocycles. The van der Waals surface area contributed by atoms with Crippen LogP contribution in [-0.2, 0) is 47.7 Å². The lowest BCUT2D eigenvalue weighted by Crippen LogP contribution is -2.60. The van der Waals surface area contributed by atoms with E-state index in [2.05, 4.69) is 11.9 Å².